The highest BCUT2D eigenvalue weighted by Crippen LogP contribution is 2.49. The van der Waals surface area contributed by atoms with Gasteiger partial charge in [-0.1, -0.05) is 86.7 Å². The summed E-state index contributed by atoms with van der Waals surface area (Å²) in [6.07, 6.45) is 14.8. The molecule has 1 aliphatic heterocycles. The van der Waals surface area contributed by atoms with E-state index in [4.69, 9.17) is 15.7 Å². The van der Waals surface area contributed by atoms with E-state index in [1.807, 2.05) is 0 Å². The summed E-state index contributed by atoms with van der Waals surface area (Å²) in [6, 6.07) is 32.2. The molecule has 0 unspecified atom stereocenters. The van der Waals surface area contributed by atoms with Crippen LogP contribution >= 0.6 is 0 Å². The first-order valence-electron chi connectivity index (χ1n) is 16.1. The van der Waals surface area contributed by atoms with Gasteiger partial charge in [0.2, 0.25) is 0 Å². The predicted molar refractivity (Wildman–Crippen MR) is 186 cm³/mol. The highest BCUT2D eigenvalue weighted by molar-refractivity contribution is 6.01. The third-order valence-corrected chi connectivity index (χ3v) is 9.02. The molecule has 0 spiro atoms. The minimum absolute atomic E-state index is 0.815. The van der Waals surface area contributed by atoms with Gasteiger partial charge in [-0.15, -0.1) is 0 Å². The van der Waals surface area contributed by atoms with Crippen molar-refractivity contribution in [3.63, 3.8) is 0 Å². The van der Waals surface area contributed by atoms with Crippen molar-refractivity contribution in [3.05, 3.63) is 150 Å². The van der Waals surface area contributed by atoms with E-state index in [-0.39, 0.29) is 0 Å². The van der Waals surface area contributed by atoms with E-state index in [9.17, 15) is 0 Å². The first-order chi connectivity index (χ1) is 22.2. The molecule has 8 rings (SSSR count). The van der Waals surface area contributed by atoms with Crippen molar-refractivity contribution in [2.75, 3.05) is 9.80 Å². The largest absolute Gasteiger partial charge is 0.454 e. The Hall–Kier alpha value is -5.22. The molecule has 0 fully saturated rings. The molecule has 2 heterocycles. The first-order valence-corrected chi connectivity index (χ1v) is 16.1. The van der Waals surface area contributed by atoms with E-state index >= 15 is 0 Å². The third-order valence-electron chi connectivity index (χ3n) is 9.02. The summed E-state index contributed by atoms with van der Waals surface area (Å²) in [7, 11) is 0. The van der Waals surface area contributed by atoms with Gasteiger partial charge in [0.05, 0.1) is 22.8 Å². The van der Waals surface area contributed by atoms with Crippen LogP contribution in [0, 0.1) is 0 Å². The molecule has 222 valence electrons. The fraction of sp³-hybridized carbons (Fsp3) is 0.171. The van der Waals surface area contributed by atoms with Gasteiger partial charge in [-0.2, -0.15) is 0 Å². The van der Waals surface area contributed by atoms with Crippen LogP contribution in [-0.2, 0) is 12.8 Å². The summed E-state index contributed by atoms with van der Waals surface area (Å²) >= 11 is 0. The molecule has 1 aromatic heterocycles. The maximum absolute atomic E-state index is 6.68. The quantitative estimate of drug-likeness (QED) is 0.189. The monoisotopic (exact) mass is 588 g/mol. The summed E-state index contributed by atoms with van der Waals surface area (Å²) in [4.78, 5) is 4.57. The van der Waals surface area contributed by atoms with E-state index in [0.717, 1.165) is 106 Å². The van der Waals surface area contributed by atoms with Gasteiger partial charge in [-0.25, -0.2) is 0 Å². The number of fused-ring (bicyclic) bond motifs is 5. The lowest BCUT2D eigenvalue weighted by atomic mass is 9.98. The van der Waals surface area contributed by atoms with Gasteiger partial charge >= 0.3 is 0 Å². The molecular formula is C41H36N2O2. The van der Waals surface area contributed by atoms with Gasteiger partial charge in [0.1, 0.15) is 11.5 Å². The number of nitrogens with zero attached hydrogens (tertiary/aromatic N) is 2. The van der Waals surface area contributed by atoms with Crippen LogP contribution in [0.15, 0.2) is 132 Å². The molecule has 4 heteroatoms. The molecule has 5 aromatic rings. The van der Waals surface area contributed by atoms with Crippen molar-refractivity contribution >= 4 is 45.5 Å². The predicted octanol–water partition coefficient (Wildman–Crippen LogP) is 11.2. The Labute approximate surface area is 264 Å². The van der Waals surface area contributed by atoms with Crippen LogP contribution in [0.25, 0.3) is 22.7 Å². The van der Waals surface area contributed by atoms with Crippen molar-refractivity contribution in [2.24, 2.45) is 0 Å². The number of rotatable bonds is 7. The van der Waals surface area contributed by atoms with Gasteiger partial charge in [-0.3, -0.25) is 0 Å². The van der Waals surface area contributed by atoms with Crippen LogP contribution < -0.4 is 14.5 Å². The molecule has 0 radical (unpaired) electrons. The molecule has 0 atom stereocenters. The van der Waals surface area contributed by atoms with Crippen molar-refractivity contribution in [1.29, 1.82) is 0 Å². The number of allylic oxidation sites excluding steroid dienone is 3. The zero-order chi connectivity index (χ0) is 30.3. The maximum atomic E-state index is 6.68. The van der Waals surface area contributed by atoms with Gasteiger partial charge in [0.15, 0.2) is 11.3 Å². The first kappa shape index (κ1) is 27.3. The van der Waals surface area contributed by atoms with Gasteiger partial charge < -0.3 is 19.0 Å². The number of furan rings is 1. The van der Waals surface area contributed by atoms with E-state index in [1.165, 1.54) is 11.1 Å². The van der Waals surface area contributed by atoms with Crippen LogP contribution in [0.4, 0.5) is 22.7 Å². The van der Waals surface area contributed by atoms with Crippen LogP contribution in [0.5, 0.6) is 5.75 Å². The molecule has 3 aliphatic rings. The molecule has 0 amide bonds. The highest BCUT2D eigenvalue weighted by Gasteiger charge is 2.31. The van der Waals surface area contributed by atoms with Gasteiger partial charge in [0, 0.05) is 34.0 Å². The second-order valence-corrected chi connectivity index (χ2v) is 11.9. The summed E-state index contributed by atoms with van der Waals surface area (Å²) in [5.41, 5.74) is 10.7. The Kier molecular flexibility index (Phi) is 6.91. The number of hydrogen-bond acceptors (Lipinski definition) is 4. The number of hydrogen-bond donors (Lipinski definition) is 0. The summed E-state index contributed by atoms with van der Waals surface area (Å²) in [5, 5.41) is 1.16. The Balaban J connectivity index is 1.32. The molecule has 0 N–H and O–H groups in total. The lowest BCUT2D eigenvalue weighted by molar-refractivity contribution is 0.417. The summed E-state index contributed by atoms with van der Waals surface area (Å²) < 4.78 is 13.3. The van der Waals surface area contributed by atoms with Gasteiger partial charge in [0.25, 0.3) is 0 Å². The number of para-hydroxylation sites is 2. The summed E-state index contributed by atoms with van der Waals surface area (Å²) in [5.74, 6) is 2.67. The van der Waals surface area contributed by atoms with Crippen molar-refractivity contribution in [3.8, 4) is 5.75 Å². The van der Waals surface area contributed by atoms with Crippen LogP contribution in [0.1, 0.15) is 55.1 Å². The average Bonchev–Trinajstić information content (AvgIpc) is 3.47. The van der Waals surface area contributed by atoms with E-state index in [0.29, 0.717) is 0 Å². The Morgan fingerprint density at radius 1 is 0.889 bits per heavy atom. The highest BCUT2D eigenvalue weighted by atomic mass is 16.5. The van der Waals surface area contributed by atoms with Crippen LogP contribution in [0.3, 0.4) is 0 Å². The molecule has 0 saturated heterocycles. The molecule has 45 heavy (non-hydrogen) atoms. The fourth-order valence-corrected chi connectivity index (χ4v) is 6.96. The maximum Gasteiger partial charge on any atom is 0.159 e. The number of benzene rings is 4. The third kappa shape index (κ3) is 4.69. The number of ether oxygens (including phenoxy) is 1. The minimum Gasteiger partial charge on any atom is -0.454 e. The Morgan fingerprint density at radius 2 is 1.73 bits per heavy atom. The second-order valence-electron chi connectivity index (χ2n) is 11.9. The normalized spacial score (nSPS) is 15.0. The molecule has 4 nitrogen and oxygen atoms in total. The summed E-state index contributed by atoms with van der Waals surface area (Å²) in [6.45, 7) is 6.97. The fourth-order valence-electron chi connectivity index (χ4n) is 6.96. The van der Waals surface area contributed by atoms with Crippen LogP contribution in [-0.4, -0.2) is 0 Å². The number of aryl methyl sites for hydroxylation is 2. The minimum atomic E-state index is 0.815. The zero-order valence-corrected chi connectivity index (χ0v) is 25.6. The molecule has 2 aliphatic carbocycles. The Bertz CT molecular complexity index is 2030. The molecular weight excluding hydrogens is 552 g/mol. The standard InChI is InChI=1S/C41H36N2O2/c1-3-14-29-15-7-8-18-32(29)28(2)42(37-22-13-20-34-33-19-9-11-23-38(33)45-41(34)37)31-25-26-36-40(27-31)44-39-24-12-10-21-35(39)43(36)30-16-5-4-6-17-30/h4-8,11,13,15-18,20-27H,2-3,9-10,12,14,19H2,1H3. The topological polar surface area (TPSA) is 28.9 Å². The van der Waals surface area contributed by atoms with Crippen molar-refractivity contribution < 1.29 is 9.15 Å². The lowest BCUT2D eigenvalue weighted by Crippen LogP contribution is -2.26. The zero-order valence-electron chi connectivity index (χ0n) is 25.6. The van der Waals surface area contributed by atoms with Gasteiger partial charge in [-0.05, 0) is 80.2 Å². The molecule has 0 bridgehead atoms. The van der Waals surface area contributed by atoms with Crippen molar-refractivity contribution in [1.82, 2.24) is 0 Å². The molecule has 0 saturated carbocycles. The van der Waals surface area contributed by atoms with E-state index < -0.39 is 0 Å². The second kappa shape index (κ2) is 11.4. The number of anilines is 4. The smallest absolute Gasteiger partial charge is 0.159 e. The Morgan fingerprint density at radius 3 is 2.62 bits per heavy atom. The average molecular weight is 589 g/mol. The SMILES string of the molecule is C=C(c1ccccc1CCC)N(c1ccc2c(c1)OC1=CCCC=C1N2c1ccccc1)c1cccc2c3c(oc12)C=CCC3. The van der Waals surface area contributed by atoms with Crippen LogP contribution in [0.2, 0.25) is 0 Å². The van der Waals surface area contributed by atoms with Crippen molar-refractivity contribution in [2.45, 2.75) is 45.4 Å². The van der Waals surface area contributed by atoms with E-state index in [2.05, 4.69) is 132 Å². The lowest BCUT2D eigenvalue weighted by Gasteiger charge is -2.37. The van der Waals surface area contributed by atoms with E-state index in [1.54, 1.807) is 0 Å². The molecule has 4 aromatic carbocycles.